The minimum absolute atomic E-state index is 0.278. The summed E-state index contributed by atoms with van der Waals surface area (Å²) < 4.78 is 2.95. The Morgan fingerprint density at radius 2 is 2.27 bits per heavy atom. The number of hydrogen-bond acceptors (Lipinski definition) is 2. The van der Waals surface area contributed by atoms with Crippen molar-refractivity contribution < 1.29 is 42.8 Å². The SMILES string of the molecule is Cc1cccc2n[c]([RaH])nn12. The van der Waals surface area contributed by atoms with Crippen LogP contribution in [0.3, 0.4) is 0 Å². The van der Waals surface area contributed by atoms with Crippen LogP contribution < -0.4 is 0.865 Å². The molecule has 2 rings (SSSR count). The zero-order chi connectivity index (χ0) is 7.84. The number of nitrogens with zero attached hydrogens (tertiary/aromatic N) is 3. The average Bonchev–Trinajstić information content (AvgIpc) is 2.31. The van der Waals surface area contributed by atoms with E-state index in [4.69, 9.17) is 0 Å². The van der Waals surface area contributed by atoms with Gasteiger partial charge < -0.3 is 0 Å². The summed E-state index contributed by atoms with van der Waals surface area (Å²) in [6.07, 6.45) is 0. The molecule has 52 valence electrons. The predicted octanol–water partition coefficient (Wildman–Crippen LogP) is -0.0554. The second-order valence-electron chi connectivity index (χ2n) is 2.60. The van der Waals surface area contributed by atoms with E-state index in [1.165, 1.54) is 0 Å². The normalized spacial score (nSPS) is 10.5. The standard InChI is InChI=1S/C7H6N3.Ra.H/c1-6-3-2-4-7-8-5-9-10(6)7;;/h2-4H,1H3;;. The van der Waals surface area contributed by atoms with Crippen LogP contribution in [0.4, 0.5) is 0 Å². The zero-order valence-electron chi connectivity index (χ0n) is 6.57. The third-order valence-electron chi connectivity index (χ3n) is 1.65. The van der Waals surface area contributed by atoms with Gasteiger partial charge >= 0.3 is 94.7 Å². The summed E-state index contributed by atoms with van der Waals surface area (Å²) >= 11 is 0.278. The van der Waals surface area contributed by atoms with Crippen LogP contribution in [0, 0.1) is 49.7 Å². The fourth-order valence-corrected chi connectivity index (χ4v) is 2.91. The van der Waals surface area contributed by atoms with Gasteiger partial charge in [0.15, 0.2) is 0 Å². The Kier molecular flexibility index (Phi) is 2.00. The molecule has 3 nitrogen and oxygen atoms in total. The molecule has 2 heterocycles. The van der Waals surface area contributed by atoms with Crippen molar-refractivity contribution in [3.05, 3.63) is 23.9 Å². The monoisotopic (exact) mass is 359 g/mol. The van der Waals surface area contributed by atoms with Crippen LogP contribution in [0.1, 0.15) is 5.69 Å². The van der Waals surface area contributed by atoms with Crippen LogP contribution in [0.5, 0.6) is 0 Å². The summed E-state index contributed by atoms with van der Waals surface area (Å²) in [5, 5.41) is 4.32. The molecule has 0 saturated carbocycles. The molecule has 2 aromatic rings. The van der Waals surface area contributed by atoms with Gasteiger partial charge in [-0.3, -0.25) is 0 Å². The van der Waals surface area contributed by atoms with E-state index in [0.717, 1.165) is 12.2 Å². The van der Waals surface area contributed by atoms with Gasteiger partial charge in [-0.05, 0) is 0 Å². The van der Waals surface area contributed by atoms with Crippen molar-refractivity contribution in [2.45, 2.75) is 6.92 Å². The summed E-state index contributed by atoms with van der Waals surface area (Å²) in [6, 6.07) is 6.04. The Balaban J connectivity index is 2.90. The van der Waals surface area contributed by atoms with Crippen molar-refractivity contribution in [2.75, 3.05) is 0 Å². The topological polar surface area (TPSA) is 30.2 Å². The van der Waals surface area contributed by atoms with Gasteiger partial charge in [0, 0.05) is 0 Å². The van der Waals surface area contributed by atoms with Gasteiger partial charge in [0.25, 0.3) is 0 Å². The fraction of sp³-hybridized carbons (Fsp3) is 0.143. The maximum atomic E-state index is 4.33. The Morgan fingerprint density at radius 1 is 1.45 bits per heavy atom. The molecule has 0 aliphatic rings. The number of aromatic nitrogens is 3. The van der Waals surface area contributed by atoms with Gasteiger partial charge in [-0.1, -0.05) is 0 Å². The molecule has 0 aromatic carbocycles. The third kappa shape index (κ3) is 1.35. The molecule has 0 aliphatic heterocycles. The number of pyridine rings is 1. The van der Waals surface area contributed by atoms with Crippen LogP contribution in [0.25, 0.3) is 5.65 Å². The Labute approximate surface area is 93.6 Å². The first kappa shape index (κ1) is 7.72. The second kappa shape index (κ2) is 2.85. The van der Waals surface area contributed by atoms with E-state index < -0.39 is 0 Å². The molecule has 0 spiro atoms. The molecule has 0 saturated heterocycles. The molecular formula is C7H7N3Ra. The Morgan fingerprint density at radius 3 is 3.00 bits per heavy atom. The third-order valence-corrected chi connectivity index (χ3v) is 3.40. The predicted molar refractivity (Wildman–Crippen MR) is 38.8 cm³/mol. The molecule has 4 heteroatoms. The molecule has 0 N–H and O–H groups in total. The molecule has 0 atom stereocenters. The first-order chi connectivity index (χ1) is 5.27. The number of rotatable bonds is 0. The molecular weight excluding hydrogens is 352 g/mol. The molecule has 2 aromatic heterocycles. The number of fused-ring (bicyclic) bond motifs is 1. The first-order valence-electron chi connectivity index (χ1n) is 3.56. The summed E-state index contributed by atoms with van der Waals surface area (Å²) in [6.45, 7) is 2.04. The van der Waals surface area contributed by atoms with Gasteiger partial charge in [-0.25, -0.2) is 0 Å². The van der Waals surface area contributed by atoms with Crippen LogP contribution in [-0.2, 0) is 0 Å². The van der Waals surface area contributed by atoms with Crippen molar-refractivity contribution in [1.29, 1.82) is 0 Å². The van der Waals surface area contributed by atoms with Gasteiger partial charge in [0.05, 0.1) is 0 Å². The summed E-state index contributed by atoms with van der Waals surface area (Å²) in [5.74, 6) is 0. The van der Waals surface area contributed by atoms with Crippen molar-refractivity contribution in [2.24, 2.45) is 0 Å². The second-order valence-corrected chi connectivity index (χ2v) is 6.27. The van der Waals surface area contributed by atoms with Crippen LogP contribution >= 0.6 is 0 Å². The first-order valence-corrected chi connectivity index (χ1v) is 7.67. The van der Waals surface area contributed by atoms with E-state index in [9.17, 15) is 0 Å². The van der Waals surface area contributed by atoms with Crippen molar-refractivity contribution >= 4 is 6.51 Å². The summed E-state index contributed by atoms with van der Waals surface area (Å²) in [4.78, 5) is 4.33. The van der Waals surface area contributed by atoms with Crippen LogP contribution in [0.15, 0.2) is 18.2 Å². The van der Waals surface area contributed by atoms with Crippen molar-refractivity contribution in [3.8, 4) is 0 Å². The van der Waals surface area contributed by atoms with Gasteiger partial charge in [0.1, 0.15) is 0 Å². The zero-order valence-corrected chi connectivity index (χ0v) is 14.8. The summed E-state index contributed by atoms with van der Waals surface area (Å²) in [7, 11) is 0. The quantitative estimate of drug-likeness (QED) is 0.660. The van der Waals surface area contributed by atoms with Crippen molar-refractivity contribution in [1.82, 2.24) is 14.6 Å². The van der Waals surface area contributed by atoms with Gasteiger partial charge in [0.2, 0.25) is 0 Å². The maximum absolute atomic E-state index is 4.33. The fourth-order valence-electron chi connectivity index (χ4n) is 1.14. The minimum atomic E-state index is 0.278. The molecule has 0 bridgehead atoms. The van der Waals surface area contributed by atoms with E-state index in [1.807, 2.05) is 29.6 Å². The summed E-state index contributed by atoms with van der Waals surface area (Å²) in [5.41, 5.74) is 2.13. The number of hydrogen-bond donors (Lipinski definition) is 0. The molecule has 0 aliphatic carbocycles. The number of aryl methyl sites for hydroxylation is 1. The van der Waals surface area contributed by atoms with E-state index >= 15 is 0 Å². The van der Waals surface area contributed by atoms with E-state index in [1.54, 1.807) is 0 Å². The van der Waals surface area contributed by atoms with Gasteiger partial charge in [-0.15, -0.1) is 0 Å². The molecule has 0 radical (unpaired) electrons. The van der Waals surface area contributed by atoms with E-state index in [2.05, 4.69) is 10.1 Å². The average molecular weight is 359 g/mol. The Bertz CT molecular complexity index is 393. The van der Waals surface area contributed by atoms with Crippen LogP contribution in [0.2, 0.25) is 0 Å². The van der Waals surface area contributed by atoms with E-state index in [-0.39, 0.29) is 42.8 Å². The van der Waals surface area contributed by atoms with Gasteiger partial charge in [-0.2, -0.15) is 0 Å². The van der Waals surface area contributed by atoms with E-state index in [0.29, 0.717) is 0 Å². The molecule has 0 fully saturated rings. The Hall–Kier alpha value is 0.0875. The molecule has 0 unspecified atom stereocenters. The van der Waals surface area contributed by atoms with Crippen molar-refractivity contribution in [3.63, 3.8) is 0 Å². The molecule has 11 heavy (non-hydrogen) atoms. The van der Waals surface area contributed by atoms with Crippen LogP contribution in [-0.4, -0.2) is 14.6 Å². The molecule has 0 amide bonds.